The highest BCUT2D eigenvalue weighted by atomic mass is 16.4. The van der Waals surface area contributed by atoms with Crippen LogP contribution in [0.5, 0.6) is 0 Å². The zero-order valence-corrected chi connectivity index (χ0v) is 9.67. The van der Waals surface area contributed by atoms with E-state index in [1.165, 1.54) is 0 Å². The molecule has 1 aromatic carbocycles. The van der Waals surface area contributed by atoms with Crippen LogP contribution in [0.4, 0.5) is 0 Å². The largest absolute Gasteiger partial charge is 0.481 e. The summed E-state index contributed by atoms with van der Waals surface area (Å²) in [5, 5.41) is 17.8. The van der Waals surface area contributed by atoms with E-state index in [9.17, 15) is 4.79 Å². The second-order valence-corrected chi connectivity index (χ2v) is 4.58. The van der Waals surface area contributed by atoms with Gasteiger partial charge < -0.3 is 10.2 Å². The number of benzene rings is 1. The van der Waals surface area contributed by atoms with Crippen LogP contribution in [0.3, 0.4) is 0 Å². The van der Waals surface area contributed by atoms with Crippen molar-refractivity contribution in [3.8, 4) is 0 Å². The molecule has 0 aliphatic carbocycles. The van der Waals surface area contributed by atoms with E-state index < -0.39 is 5.97 Å². The summed E-state index contributed by atoms with van der Waals surface area (Å²) < 4.78 is 0. The summed E-state index contributed by atoms with van der Waals surface area (Å²) in [6, 6.07) is 7.65. The van der Waals surface area contributed by atoms with Crippen molar-refractivity contribution in [3.05, 3.63) is 35.4 Å². The van der Waals surface area contributed by atoms with Crippen LogP contribution in [-0.4, -0.2) is 40.8 Å². The number of hydrogen-bond donors (Lipinski definition) is 2. The van der Waals surface area contributed by atoms with E-state index in [2.05, 4.69) is 4.90 Å². The molecule has 2 rings (SSSR count). The first-order valence-electron chi connectivity index (χ1n) is 5.81. The molecule has 0 bridgehead atoms. The minimum atomic E-state index is -0.797. The number of carboxylic acid groups (broad SMARTS) is 1. The van der Waals surface area contributed by atoms with Gasteiger partial charge in [-0.2, -0.15) is 0 Å². The van der Waals surface area contributed by atoms with Crippen molar-refractivity contribution >= 4 is 5.97 Å². The van der Waals surface area contributed by atoms with Gasteiger partial charge in [0.05, 0.1) is 6.42 Å². The fraction of sp³-hybridized carbons (Fsp3) is 0.462. The Morgan fingerprint density at radius 1 is 1.29 bits per heavy atom. The molecular weight excluding hydrogens is 218 g/mol. The van der Waals surface area contributed by atoms with Crippen LogP contribution in [0, 0.1) is 5.92 Å². The topological polar surface area (TPSA) is 60.8 Å². The molecule has 1 aliphatic rings. The van der Waals surface area contributed by atoms with Crippen molar-refractivity contribution in [2.75, 3.05) is 19.7 Å². The third kappa shape index (κ3) is 3.05. The quantitative estimate of drug-likeness (QED) is 0.790. The van der Waals surface area contributed by atoms with E-state index in [4.69, 9.17) is 10.2 Å². The Kier molecular flexibility index (Phi) is 3.76. The van der Waals surface area contributed by atoms with Crippen LogP contribution in [0.2, 0.25) is 0 Å². The maximum absolute atomic E-state index is 10.7. The van der Waals surface area contributed by atoms with Gasteiger partial charge in [-0.05, 0) is 11.1 Å². The van der Waals surface area contributed by atoms with Crippen LogP contribution in [0.1, 0.15) is 11.1 Å². The van der Waals surface area contributed by atoms with E-state index in [0.717, 1.165) is 30.8 Å². The summed E-state index contributed by atoms with van der Waals surface area (Å²) in [5.74, 6) is -0.407. The lowest BCUT2D eigenvalue weighted by atomic mass is 9.98. The minimum Gasteiger partial charge on any atom is -0.481 e. The van der Waals surface area contributed by atoms with Crippen molar-refractivity contribution in [2.45, 2.75) is 13.0 Å². The SMILES string of the molecule is O=C(O)Cc1ccccc1CN1CC(CO)C1. The van der Waals surface area contributed by atoms with Crippen LogP contribution < -0.4 is 0 Å². The van der Waals surface area contributed by atoms with Gasteiger partial charge >= 0.3 is 5.97 Å². The van der Waals surface area contributed by atoms with Crippen LogP contribution in [0.25, 0.3) is 0 Å². The Balaban J connectivity index is 1.98. The number of likely N-dealkylation sites (tertiary alicyclic amines) is 1. The number of aliphatic hydroxyl groups is 1. The Bertz CT molecular complexity index is 399. The molecule has 2 N–H and O–H groups in total. The summed E-state index contributed by atoms with van der Waals surface area (Å²) in [5.41, 5.74) is 1.96. The standard InChI is InChI=1S/C13H17NO3/c15-9-10-6-14(7-10)8-12-4-2-1-3-11(12)5-13(16)17/h1-4,10,15H,5-9H2,(H,16,17). The van der Waals surface area contributed by atoms with Gasteiger partial charge in [0.25, 0.3) is 0 Å². The number of aliphatic carboxylic acids is 1. The van der Waals surface area contributed by atoms with Crippen LogP contribution in [-0.2, 0) is 17.8 Å². The summed E-state index contributed by atoms with van der Waals surface area (Å²) in [4.78, 5) is 13.0. The number of rotatable bonds is 5. The summed E-state index contributed by atoms with van der Waals surface area (Å²) in [6.45, 7) is 2.82. The molecule has 0 radical (unpaired) electrons. The number of nitrogens with zero attached hydrogens (tertiary/aromatic N) is 1. The van der Waals surface area contributed by atoms with Gasteiger partial charge in [-0.15, -0.1) is 0 Å². The molecule has 1 aliphatic heterocycles. The molecule has 4 heteroatoms. The molecular formula is C13H17NO3. The second kappa shape index (κ2) is 5.29. The molecule has 4 nitrogen and oxygen atoms in total. The summed E-state index contributed by atoms with van der Waals surface area (Å²) in [6.07, 6.45) is 0.0768. The molecule has 1 saturated heterocycles. The first kappa shape index (κ1) is 12.1. The van der Waals surface area contributed by atoms with E-state index in [-0.39, 0.29) is 13.0 Å². The van der Waals surface area contributed by atoms with Crippen molar-refractivity contribution in [1.29, 1.82) is 0 Å². The van der Waals surface area contributed by atoms with E-state index in [1.807, 2.05) is 24.3 Å². The molecule has 0 atom stereocenters. The zero-order valence-electron chi connectivity index (χ0n) is 9.67. The Morgan fingerprint density at radius 3 is 2.53 bits per heavy atom. The number of carbonyl (C=O) groups is 1. The van der Waals surface area contributed by atoms with Crippen LogP contribution in [0.15, 0.2) is 24.3 Å². The summed E-state index contributed by atoms with van der Waals surface area (Å²) >= 11 is 0. The second-order valence-electron chi connectivity index (χ2n) is 4.58. The van der Waals surface area contributed by atoms with Gasteiger partial charge in [0.2, 0.25) is 0 Å². The van der Waals surface area contributed by atoms with Crippen molar-refractivity contribution in [3.63, 3.8) is 0 Å². The fourth-order valence-corrected chi connectivity index (χ4v) is 2.21. The molecule has 1 aromatic rings. The smallest absolute Gasteiger partial charge is 0.307 e. The maximum atomic E-state index is 10.7. The highest BCUT2D eigenvalue weighted by Gasteiger charge is 2.26. The first-order valence-corrected chi connectivity index (χ1v) is 5.81. The first-order chi connectivity index (χ1) is 8.19. The van der Waals surface area contributed by atoms with E-state index in [0.29, 0.717) is 5.92 Å². The summed E-state index contributed by atoms with van der Waals surface area (Å²) in [7, 11) is 0. The molecule has 0 spiro atoms. The third-order valence-electron chi connectivity index (χ3n) is 3.15. The zero-order chi connectivity index (χ0) is 12.3. The van der Waals surface area contributed by atoms with Crippen molar-refractivity contribution in [2.24, 2.45) is 5.92 Å². The number of aliphatic hydroxyl groups excluding tert-OH is 1. The molecule has 0 saturated carbocycles. The Hall–Kier alpha value is -1.39. The monoisotopic (exact) mass is 235 g/mol. The Morgan fingerprint density at radius 2 is 1.94 bits per heavy atom. The van der Waals surface area contributed by atoms with Gasteiger partial charge in [0.1, 0.15) is 0 Å². The van der Waals surface area contributed by atoms with E-state index in [1.54, 1.807) is 0 Å². The fourth-order valence-electron chi connectivity index (χ4n) is 2.21. The molecule has 92 valence electrons. The lowest BCUT2D eigenvalue weighted by Gasteiger charge is -2.38. The average Bonchev–Trinajstić information content (AvgIpc) is 2.24. The lowest BCUT2D eigenvalue weighted by molar-refractivity contribution is -0.136. The molecule has 1 fully saturated rings. The van der Waals surface area contributed by atoms with Gasteiger partial charge in [-0.1, -0.05) is 24.3 Å². The highest BCUT2D eigenvalue weighted by molar-refractivity contribution is 5.70. The molecule has 0 unspecified atom stereocenters. The van der Waals surface area contributed by atoms with Crippen molar-refractivity contribution in [1.82, 2.24) is 4.90 Å². The molecule has 1 heterocycles. The highest BCUT2D eigenvalue weighted by Crippen LogP contribution is 2.20. The lowest BCUT2D eigenvalue weighted by Crippen LogP contribution is -2.47. The van der Waals surface area contributed by atoms with Gasteiger partial charge in [0.15, 0.2) is 0 Å². The van der Waals surface area contributed by atoms with E-state index >= 15 is 0 Å². The maximum Gasteiger partial charge on any atom is 0.307 e. The predicted molar refractivity (Wildman–Crippen MR) is 63.6 cm³/mol. The van der Waals surface area contributed by atoms with Gasteiger partial charge in [-0.25, -0.2) is 0 Å². The minimum absolute atomic E-state index is 0.0768. The van der Waals surface area contributed by atoms with Crippen molar-refractivity contribution < 1.29 is 15.0 Å². The predicted octanol–water partition coefficient (Wildman–Crippen LogP) is 0.738. The van der Waals surface area contributed by atoms with Crippen LogP contribution >= 0.6 is 0 Å². The Labute approximate surface area is 100 Å². The van der Waals surface area contributed by atoms with Gasteiger partial charge in [0, 0.05) is 32.2 Å². The average molecular weight is 235 g/mol. The van der Waals surface area contributed by atoms with Gasteiger partial charge in [-0.3, -0.25) is 9.69 Å². The third-order valence-corrected chi connectivity index (χ3v) is 3.15. The normalized spacial score (nSPS) is 16.8. The number of carboxylic acids is 1. The molecule has 0 aromatic heterocycles. The number of hydrogen-bond acceptors (Lipinski definition) is 3. The molecule has 0 amide bonds. The molecule has 17 heavy (non-hydrogen) atoms.